The van der Waals surface area contributed by atoms with Gasteiger partial charge >= 0.3 is 11.9 Å². The molecule has 23 heavy (non-hydrogen) atoms. The van der Waals surface area contributed by atoms with Crippen molar-refractivity contribution in [3.05, 3.63) is 33.8 Å². The zero-order chi connectivity index (χ0) is 17.1. The standard InChI is InChI=1S/C17H22Cl2O4/c1-2-3-4-5-10-22-16(20)8-9-17(21)23-12-13-6-7-14(18)11-15(13)19/h6-7,11H,2-5,8-10,12H2,1H3. The van der Waals surface area contributed by atoms with Crippen LogP contribution < -0.4 is 0 Å². The number of carbonyl (C=O) groups excluding carboxylic acids is 2. The number of halogens is 2. The van der Waals surface area contributed by atoms with Crippen LogP contribution in [0.2, 0.25) is 10.0 Å². The Morgan fingerprint density at radius 3 is 2.35 bits per heavy atom. The van der Waals surface area contributed by atoms with Gasteiger partial charge in [0.1, 0.15) is 6.61 Å². The molecule has 0 amide bonds. The summed E-state index contributed by atoms with van der Waals surface area (Å²) in [7, 11) is 0. The van der Waals surface area contributed by atoms with Gasteiger partial charge in [-0.25, -0.2) is 0 Å². The fraction of sp³-hybridized carbons (Fsp3) is 0.529. The van der Waals surface area contributed by atoms with Crippen LogP contribution in [0.4, 0.5) is 0 Å². The highest BCUT2D eigenvalue weighted by Crippen LogP contribution is 2.21. The van der Waals surface area contributed by atoms with Crippen LogP contribution in [-0.2, 0) is 25.7 Å². The molecule has 1 aromatic carbocycles. The quantitative estimate of drug-likeness (QED) is 0.438. The van der Waals surface area contributed by atoms with Crippen LogP contribution in [0, 0.1) is 0 Å². The molecule has 0 spiro atoms. The summed E-state index contributed by atoms with van der Waals surface area (Å²) in [5.74, 6) is -0.832. The van der Waals surface area contributed by atoms with Crippen molar-refractivity contribution < 1.29 is 19.1 Å². The highest BCUT2D eigenvalue weighted by Gasteiger charge is 2.10. The number of unbranched alkanes of at least 4 members (excludes halogenated alkanes) is 3. The maximum Gasteiger partial charge on any atom is 0.306 e. The van der Waals surface area contributed by atoms with Crippen LogP contribution >= 0.6 is 23.2 Å². The molecule has 0 aliphatic heterocycles. The van der Waals surface area contributed by atoms with Crippen molar-refractivity contribution in [2.45, 2.75) is 52.1 Å². The van der Waals surface area contributed by atoms with Crippen LogP contribution in [0.3, 0.4) is 0 Å². The molecule has 1 aromatic rings. The van der Waals surface area contributed by atoms with Gasteiger partial charge in [-0.2, -0.15) is 0 Å². The van der Waals surface area contributed by atoms with Crippen molar-refractivity contribution in [1.82, 2.24) is 0 Å². The number of hydrogen-bond donors (Lipinski definition) is 0. The second-order valence-electron chi connectivity index (χ2n) is 5.18. The molecule has 0 aliphatic carbocycles. The van der Waals surface area contributed by atoms with Crippen molar-refractivity contribution in [1.29, 1.82) is 0 Å². The molecule has 128 valence electrons. The first kappa shape index (κ1) is 19.8. The van der Waals surface area contributed by atoms with Gasteiger partial charge in [0.2, 0.25) is 0 Å². The Morgan fingerprint density at radius 1 is 1.00 bits per heavy atom. The van der Waals surface area contributed by atoms with E-state index in [2.05, 4.69) is 6.92 Å². The van der Waals surface area contributed by atoms with Gasteiger partial charge in [-0.05, 0) is 18.6 Å². The first-order valence-electron chi connectivity index (χ1n) is 7.78. The van der Waals surface area contributed by atoms with Crippen molar-refractivity contribution in [3.8, 4) is 0 Å². The van der Waals surface area contributed by atoms with E-state index in [-0.39, 0.29) is 25.4 Å². The predicted octanol–water partition coefficient (Wildman–Crippen LogP) is 4.94. The van der Waals surface area contributed by atoms with Gasteiger partial charge in [0.25, 0.3) is 0 Å². The molecular weight excluding hydrogens is 339 g/mol. The smallest absolute Gasteiger partial charge is 0.306 e. The Hall–Kier alpha value is -1.26. The van der Waals surface area contributed by atoms with Crippen LogP contribution in [0.25, 0.3) is 0 Å². The number of carbonyl (C=O) groups is 2. The third-order valence-corrected chi connectivity index (χ3v) is 3.78. The van der Waals surface area contributed by atoms with E-state index in [4.69, 9.17) is 32.7 Å². The minimum absolute atomic E-state index is 0.000990. The number of rotatable bonds is 10. The lowest BCUT2D eigenvalue weighted by atomic mass is 10.2. The summed E-state index contributed by atoms with van der Waals surface area (Å²) in [6.45, 7) is 2.59. The fourth-order valence-corrected chi connectivity index (χ4v) is 2.32. The maximum absolute atomic E-state index is 11.6. The Morgan fingerprint density at radius 2 is 1.70 bits per heavy atom. The lowest BCUT2D eigenvalue weighted by Gasteiger charge is -2.07. The Balaban J connectivity index is 2.17. The molecule has 4 nitrogen and oxygen atoms in total. The van der Waals surface area contributed by atoms with E-state index >= 15 is 0 Å². The van der Waals surface area contributed by atoms with Gasteiger partial charge in [0, 0.05) is 15.6 Å². The monoisotopic (exact) mass is 360 g/mol. The van der Waals surface area contributed by atoms with Crippen LogP contribution in [0.1, 0.15) is 51.0 Å². The summed E-state index contributed by atoms with van der Waals surface area (Å²) in [5.41, 5.74) is 0.669. The maximum atomic E-state index is 11.6. The molecule has 0 saturated heterocycles. The Kier molecular flexibility index (Phi) is 9.72. The SMILES string of the molecule is CCCCCCOC(=O)CCC(=O)OCc1ccc(Cl)cc1Cl. The normalized spacial score (nSPS) is 10.4. The van der Waals surface area contributed by atoms with E-state index in [0.29, 0.717) is 22.2 Å². The van der Waals surface area contributed by atoms with Crippen molar-refractivity contribution in [2.24, 2.45) is 0 Å². The summed E-state index contributed by atoms with van der Waals surface area (Å²) in [6.07, 6.45) is 4.21. The molecule has 0 aromatic heterocycles. The summed E-state index contributed by atoms with van der Waals surface area (Å²) >= 11 is 11.8. The average Bonchev–Trinajstić information content (AvgIpc) is 2.52. The highest BCUT2D eigenvalue weighted by molar-refractivity contribution is 6.35. The summed E-state index contributed by atoms with van der Waals surface area (Å²) in [4.78, 5) is 23.1. The minimum Gasteiger partial charge on any atom is -0.466 e. The first-order chi connectivity index (χ1) is 11.0. The van der Waals surface area contributed by atoms with Crippen molar-refractivity contribution in [3.63, 3.8) is 0 Å². The molecule has 0 unspecified atom stereocenters. The number of benzene rings is 1. The van der Waals surface area contributed by atoms with Gasteiger partial charge in [-0.3, -0.25) is 9.59 Å². The van der Waals surface area contributed by atoms with E-state index in [1.54, 1.807) is 18.2 Å². The third kappa shape index (κ3) is 8.82. The van der Waals surface area contributed by atoms with Gasteiger partial charge in [-0.1, -0.05) is 55.5 Å². The summed E-state index contributed by atoms with van der Waals surface area (Å²) in [6, 6.07) is 4.96. The van der Waals surface area contributed by atoms with Gasteiger partial charge in [0.05, 0.1) is 19.4 Å². The molecule has 0 radical (unpaired) electrons. The highest BCUT2D eigenvalue weighted by atomic mass is 35.5. The predicted molar refractivity (Wildman–Crippen MR) is 90.6 cm³/mol. The Bertz CT molecular complexity index is 517. The Labute approximate surface area is 147 Å². The van der Waals surface area contributed by atoms with E-state index in [1.807, 2.05) is 0 Å². The van der Waals surface area contributed by atoms with E-state index < -0.39 is 5.97 Å². The zero-order valence-corrected chi connectivity index (χ0v) is 14.8. The fourth-order valence-electron chi connectivity index (χ4n) is 1.86. The molecule has 0 saturated carbocycles. The van der Waals surface area contributed by atoms with Gasteiger partial charge < -0.3 is 9.47 Å². The van der Waals surface area contributed by atoms with Crippen molar-refractivity contribution >= 4 is 35.1 Å². The lowest BCUT2D eigenvalue weighted by molar-refractivity contribution is -0.151. The van der Waals surface area contributed by atoms with Crippen LogP contribution in [0.15, 0.2) is 18.2 Å². The molecule has 0 atom stereocenters. The van der Waals surface area contributed by atoms with Crippen molar-refractivity contribution in [2.75, 3.05) is 6.61 Å². The number of hydrogen-bond acceptors (Lipinski definition) is 4. The lowest BCUT2D eigenvalue weighted by Crippen LogP contribution is -2.11. The molecule has 0 heterocycles. The first-order valence-corrected chi connectivity index (χ1v) is 8.53. The number of ether oxygens (including phenoxy) is 2. The van der Waals surface area contributed by atoms with E-state index in [9.17, 15) is 9.59 Å². The molecule has 0 N–H and O–H groups in total. The summed E-state index contributed by atoms with van der Waals surface area (Å²) < 4.78 is 10.1. The van der Waals surface area contributed by atoms with E-state index in [1.165, 1.54) is 0 Å². The second-order valence-corrected chi connectivity index (χ2v) is 6.02. The van der Waals surface area contributed by atoms with Gasteiger partial charge in [-0.15, -0.1) is 0 Å². The molecule has 6 heteroatoms. The average molecular weight is 361 g/mol. The van der Waals surface area contributed by atoms with Gasteiger partial charge in [0.15, 0.2) is 0 Å². The zero-order valence-electron chi connectivity index (χ0n) is 13.3. The minimum atomic E-state index is -0.459. The van der Waals surface area contributed by atoms with Crippen LogP contribution in [0.5, 0.6) is 0 Å². The topological polar surface area (TPSA) is 52.6 Å². The largest absolute Gasteiger partial charge is 0.466 e. The molecule has 0 fully saturated rings. The van der Waals surface area contributed by atoms with Crippen LogP contribution in [-0.4, -0.2) is 18.5 Å². The molecular formula is C17H22Cl2O4. The van der Waals surface area contributed by atoms with E-state index in [0.717, 1.165) is 25.7 Å². The third-order valence-electron chi connectivity index (χ3n) is 3.20. The number of esters is 2. The molecule has 1 rings (SSSR count). The summed E-state index contributed by atoms with van der Waals surface area (Å²) in [5, 5.41) is 0.962. The second kappa shape index (κ2) is 11.3. The molecule has 0 aliphatic rings. The molecule has 0 bridgehead atoms.